The van der Waals surface area contributed by atoms with E-state index in [1.807, 2.05) is 0 Å². The number of likely N-dealkylation sites (tertiary alicyclic amines) is 2. The Morgan fingerprint density at radius 2 is 1.64 bits per heavy atom. The average Bonchev–Trinajstić information content (AvgIpc) is 3.18. The van der Waals surface area contributed by atoms with E-state index in [4.69, 9.17) is 4.74 Å². The molecule has 2 heterocycles. The van der Waals surface area contributed by atoms with Crippen LogP contribution in [0.15, 0.2) is 12.2 Å². The summed E-state index contributed by atoms with van der Waals surface area (Å²) in [7, 11) is 0. The molecule has 8 heteroatoms. The number of hydrogen-bond acceptors (Lipinski definition) is 5. The molecule has 8 nitrogen and oxygen atoms in total. The molecule has 0 aromatic heterocycles. The van der Waals surface area contributed by atoms with Gasteiger partial charge in [0.2, 0.25) is 17.7 Å². The van der Waals surface area contributed by atoms with Crippen LogP contribution in [0, 0.1) is 0 Å². The van der Waals surface area contributed by atoms with Gasteiger partial charge in [0.1, 0.15) is 6.61 Å². The highest BCUT2D eigenvalue weighted by Crippen LogP contribution is 2.08. The molecule has 2 aliphatic rings. The van der Waals surface area contributed by atoms with E-state index in [0.29, 0.717) is 39.1 Å². The van der Waals surface area contributed by atoms with E-state index in [1.165, 1.54) is 12.2 Å². The fourth-order valence-electron chi connectivity index (χ4n) is 2.82. The monoisotopic (exact) mass is 351 g/mol. The van der Waals surface area contributed by atoms with Crippen molar-refractivity contribution >= 4 is 23.5 Å². The summed E-state index contributed by atoms with van der Waals surface area (Å²) >= 11 is 0. The summed E-state index contributed by atoms with van der Waals surface area (Å²) in [5, 5.41) is 2.64. The third kappa shape index (κ3) is 6.66. The minimum atomic E-state index is -0.373. The zero-order valence-corrected chi connectivity index (χ0v) is 14.4. The fraction of sp³-hybridized carbons (Fsp3) is 0.647. The lowest BCUT2D eigenvalue weighted by Gasteiger charge is -2.15. The van der Waals surface area contributed by atoms with Gasteiger partial charge in [-0.3, -0.25) is 19.2 Å². The van der Waals surface area contributed by atoms with Crippen molar-refractivity contribution in [2.45, 2.75) is 25.7 Å². The molecule has 0 aliphatic carbocycles. The number of carbonyl (C=O) groups excluding carboxylic acids is 4. The third-order valence-corrected chi connectivity index (χ3v) is 4.19. The number of ketones is 1. The summed E-state index contributed by atoms with van der Waals surface area (Å²) in [6, 6.07) is 0. The number of nitrogens with one attached hydrogen (secondary N) is 1. The van der Waals surface area contributed by atoms with Gasteiger partial charge in [0.25, 0.3) is 0 Å². The number of carbonyl (C=O) groups is 4. The topological polar surface area (TPSA) is 96.0 Å². The zero-order chi connectivity index (χ0) is 18.1. The lowest BCUT2D eigenvalue weighted by Crippen LogP contribution is -2.34. The van der Waals surface area contributed by atoms with Gasteiger partial charge >= 0.3 is 0 Å². The van der Waals surface area contributed by atoms with E-state index in [1.54, 1.807) is 9.80 Å². The first kappa shape index (κ1) is 19.1. The van der Waals surface area contributed by atoms with Crippen LogP contribution in [0.2, 0.25) is 0 Å². The minimum Gasteiger partial charge on any atom is -0.371 e. The number of nitrogens with zero attached hydrogens (tertiary/aromatic N) is 2. The maximum Gasteiger partial charge on any atom is 0.244 e. The molecular formula is C17H25N3O5. The smallest absolute Gasteiger partial charge is 0.244 e. The molecule has 0 spiro atoms. The van der Waals surface area contributed by atoms with Gasteiger partial charge in [-0.2, -0.15) is 0 Å². The molecule has 2 rings (SSSR count). The van der Waals surface area contributed by atoms with Gasteiger partial charge in [0, 0.05) is 51.6 Å². The Bertz CT molecular complexity index is 546. The average molecular weight is 351 g/mol. The van der Waals surface area contributed by atoms with Crippen LogP contribution in [0.5, 0.6) is 0 Å². The number of hydrogen-bond donors (Lipinski definition) is 1. The van der Waals surface area contributed by atoms with Gasteiger partial charge in [-0.15, -0.1) is 0 Å². The first-order valence-electron chi connectivity index (χ1n) is 8.68. The SMILES string of the molecule is O=C(/C=C\C(=O)NCCN1CCCC1=O)COCCN1CCCC1=O. The van der Waals surface area contributed by atoms with Gasteiger partial charge in [-0.05, 0) is 18.9 Å². The van der Waals surface area contributed by atoms with Crippen LogP contribution >= 0.6 is 0 Å². The van der Waals surface area contributed by atoms with Crippen molar-refractivity contribution in [3.63, 3.8) is 0 Å². The highest BCUT2D eigenvalue weighted by Gasteiger charge is 2.20. The van der Waals surface area contributed by atoms with Crippen LogP contribution in [-0.2, 0) is 23.9 Å². The van der Waals surface area contributed by atoms with Crippen LogP contribution in [0.3, 0.4) is 0 Å². The van der Waals surface area contributed by atoms with E-state index in [0.717, 1.165) is 25.9 Å². The second-order valence-corrected chi connectivity index (χ2v) is 6.11. The lowest BCUT2D eigenvalue weighted by molar-refractivity contribution is -0.129. The molecule has 138 valence electrons. The van der Waals surface area contributed by atoms with Crippen molar-refractivity contribution in [1.82, 2.24) is 15.1 Å². The lowest BCUT2D eigenvalue weighted by atomic mass is 10.3. The summed E-state index contributed by atoms with van der Waals surface area (Å²) in [6.45, 7) is 3.03. The Kier molecular flexibility index (Phi) is 7.59. The number of ether oxygens (including phenoxy) is 1. The molecule has 1 N–H and O–H groups in total. The molecule has 25 heavy (non-hydrogen) atoms. The predicted octanol–water partition coefficient (Wildman–Crippen LogP) is -0.511. The van der Waals surface area contributed by atoms with Crippen molar-refractivity contribution in [3.8, 4) is 0 Å². The van der Waals surface area contributed by atoms with E-state index >= 15 is 0 Å². The van der Waals surface area contributed by atoms with Crippen LogP contribution in [0.25, 0.3) is 0 Å². The normalized spacial score (nSPS) is 17.8. The Hall–Kier alpha value is -2.22. The first-order chi connectivity index (χ1) is 12.1. The quantitative estimate of drug-likeness (QED) is 0.422. The summed E-state index contributed by atoms with van der Waals surface area (Å²) in [4.78, 5) is 49.5. The largest absolute Gasteiger partial charge is 0.371 e. The second kappa shape index (κ2) is 9.93. The molecule has 0 radical (unpaired) electrons. The van der Waals surface area contributed by atoms with Crippen LogP contribution in [0.1, 0.15) is 25.7 Å². The van der Waals surface area contributed by atoms with E-state index in [2.05, 4.69) is 5.32 Å². The van der Waals surface area contributed by atoms with E-state index in [-0.39, 0.29) is 30.1 Å². The Balaban J connectivity index is 1.52. The predicted molar refractivity (Wildman–Crippen MR) is 89.6 cm³/mol. The number of amides is 3. The zero-order valence-electron chi connectivity index (χ0n) is 14.4. The maximum atomic E-state index is 11.6. The highest BCUT2D eigenvalue weighted by molar-refractivity contribution is 5.98. The molecule has 2 aliphatic heterocycles. The van der Waals surface area contributed by atoms with Gasteiger partial charge in [-0.1, -0.05) is 0 Å². The molecule has 0 unspecified atom stereocenters. The highest BCUT2D eigenvalue weighted by atomic mass is 16.5. The van der Waals surface area contributed by atoms with Crippen LogP contribution in [-0.4, -0.2) is 79.2 Å². The van der Waals surface area contributed by atoms with Crippen LogP contribution in [0.4, 0.5) is 0 Å². The van der Waals surface area contributed by atoms with Gasteiger partial charge in [-0.25, -0.2) is 0 Å². The maximum absolute atomic E-state index is 11.6. The Morgan fingerprint density at radius 3 is 2.24 bits per heavy atom. The molecule has 0 bridgehead atoms. The van der Waals surface area contributed by atoms with Crippen molar-refractivity contribution < 1.29 is 23.9 Å². The van der Waals surface area contributed by atoms with Crippen molar-refractivity contribution in [2.24, 2.45) is 0 Å². The van der Waals surface area contributed by atoms with Crippen molar-refractivity contribution in [2.75, 3.05) is 45.9 Å². The van der Waals surface area contributed by atoms with E-state index in [9.17, 15) is 19.2 Å². The standard InChI is InChI=1S/C17H25N3O5/c21-14(13-25-12-11-20-9-2-4-17(20)24)5-6-15(22)18-7-10-19-8-1-3-16(19)23/h5-6H,1-4,7-13H2,(H,18,22)/b6-5-. The van der Waals surface area contributed by atoms with Gasteiger partial charge in [0.05, 0.1) is 6.61 Å². The molecule has 2 fully saturated rings. The van der Waals surface area contributed by atoms with Crippen LogP contribution < -0.4 is 5.32 Å². The third-order valence-electron chi connectivity index (χ3n) is 4.19. The summed E-state index contributed by atoms with van der Waals surface area (Å²) in [5.41, 5.74) is 0. The minimum absolute atomic E-state index is 0.117. The summed E-state index contributed by atoms with van der Waals surface area (Å²) in [5.74, 6) is -0.435. The Labute approximate surface area is 147 Å². The summed E-state index contributed by atoms with van der Waals surface area (Å²) < 4.78 is 5.23. The Morgan fingerprint density at radius 1 is 1.00 bits per heavy atom. The molecule has 0 aromatic carbocycles. The number of rotatable bonds is 10. The van der Waals surface area contributed by atoms with E-state index < -0.39 is 0 Å². The fourth-order valence-corrected chi connectivity index (χ4v) is 2.82. The molecule has 2 saturated heterocycles. The van der Waals surface area contributed by atoms with Crippen molar-refractivity contribution in [3.05, 3.63) is 12.2 Å². The van der Waals surface area contributed by atoms with Gasteiger partial charge in [0.15, 0.2) is 5.78 Å². The second-order valence-electron chi connectivity index (χ2n) is 6.11. The molecular weight excluding hydrogens is 326 g/mol. The molecule has 3 amide bonds. The molecule has 0 saturated carbocycles. The first-order valence-corrected chi connectivity index (χ1v) is 8.68. The summed E-state index contributed by atoms with van der Waals surface area (Å²) in [6.07, 6.45) is 5.25. The van der Waals surface area contributed by atoms with Crippen molar-refractivity contribution in [1.29, 1.82) is 0 Å². The molecule has 0 atom stereocenters. The van der Waals surface area contributed by atoms with Gasteiger partial charge < -0.3 is 19.9 Å². The molecule has 0 aromatic rings.